The molecule has 0 aromatic heterocycles. The Labute approximate surface area is 165 Å². The number of aliphatic imine (C=N–C) groups is 2. The average molecular weight is 382 g/mol. The Morgan fingerprint density at radius 1 is 1.29 bits per heavy atom. The van der Waals surface area contributed by atoms with Gasteiger partial charge in [0.15, 0.2) is 0 Å². The summed E-state index contributed by atoms with van der Waals surface area (Å²) in [5, 5.41) is 2.94. The van der Waals surface area contributed by atoms with Crippen LogP contribution in [0.5, 0.6) is 5.75 Å². The number of piperazine rings is 1. The van der Waals surface area contributed by atoms with Crippen molar-refractivity contribution in [2.24, 2.45) is 9.98 Å². The quantitative estimate of drug-likeness (QED) is 0.867. The lowest BCUT2D eigenvalue weighted by Crippen LogP contribution is -2.49. The second-order valence-corrected chi connectivity index (χ2v) is 7.09. The molecule has 1 fully saturated rings. The fourth-order valence-corrected chi connectivity index (χ4v) is 3.57. The summed E-state index contributed by atoms with van der Waals surface area (Å²) in [6, 6.07) is 7.65. The van der Waals surface area contributed by atoms with Crippen LogP contribution in [0.15, 0.2) is 46.1 Å². The first-order valence-corrected chi connectivity index (χ1v) is 9.71. The van der Waals surface area contributed by atoms with Gasteiger partial charge in [0.1, 0.15) is 17.4 Å². The SMILES string of the molecule is CC[C@H]1CN2C=NC(N3CCN(C(=O)Nc4cccc(OC)c4)CC3)=CC2=N1. The number of amides is 2. The van der Waals surface area contributed by atoms with Gasteiger partial charge in [-0.05, 0) is 18.6 Å². The van der Waals surface area contributed by atoms with Crippen LogP contribution in [-0.2, 0) is 0 Å². The monoisotopic (exact) mass is 382 g/mol. The molecule has 1 saturated heterocycles. The number of rotatable bonds is 4. The number of nitrogens with zero attached hydrogens (tertiary/aromatic N) is 5. The van der Waals surface area contributed by atoms with Crippen molar-refractivity contribution in [2.45, 2.75) is 19.4 Å². The molecule has 0 bridgehead atoms. The van der Waals surface area contributed by atoms with Crippen molar-refractivity contribution in [3.63, 3.8) is 0 Å². The number of benzene rings is 1. The van der Waals surface area contributed by atoms with Crippen LogP contribution < -0.4 is 10.1 Å². The lowest BCUT2D eigenvalue weighted by Gasteiger charge is -2.36. The van der Waals surface area contributed by atoms with Crippen molar-refractivity contribution < 1.29 is 9.53 Å². The number of anilines is 1. The number of hydrogen-bond donors (Lipinski definition) is 1. The molecule has 0 unspecified atom stereocenters. The highest BCUT2D eigenvalue weighted by Crippen LogP contribution is 2.21. The van der Waals surface area contributed by atoms with Gasteiger partial charge < -0.3 is 24.8 Å². The molecule has 28 heavy (non-hydrogen) atoms. The molecule has 3 heterocycles. The van der Waals surface area contributed by atoms with E-state index in [4.69, 9.17) is 9.73 Å². The fraction of sp³-hybridized carbons (Fsp3) is 0.450. The third-order valence-corrected chi connectivity index (χ3v) is 5.29. The summed E-state index contributed by atoms with van der Waals surface area (Å²) in [5.41, 5.74) is 0.733. The molecule has 0 radical (unpaired) electrons. The summed E-state index contributed by atoms with van der Waals surface area (Å²) in [4.78, 5) is 28.0. The Bertz CT molecular complexity index is 826. The molecule has 1 aromatic carbocycles. The summed E-state index contributed by atoms with van der Waals surface area (Å²) in [6.07, 6.45) is 4.98. The lowest BCUT2D eigenvalue weighted by molar-refractivity contribution is 0.167. The summed E-state index contributed by atoms with van der Waals surface area (Å²) >= 11 is 0. The van der Waals surface area contributed by atoms with Crippen molar-refractivity contribution >= 4 is 23.9 Å². The molecule has 2 amide bonds. The zero-order valence-electron chi connectivity index (χ0n) is 16.3. The van der Waals surface area contributed by atoms with Crippen molar-refractivity contribution in [2.75, 3.05) is 45.2 Å². The average Bonchev–Trinajstić information content (AvgIpc) is 3.16. The summed E-state index contributed by atoms with van der Waals surface area (Å²) in [6.45, 7) is 5.87. The molecule has 8 nitrogen and oxygen atoms in total. The summed E-state index contributed by atoms with van der Waals surface area (Å²) < 4.78 is 5.20. The molecule has 8 heteroatoms. The third kappa shape index (κ3) is 3.81. The van der Waals surface area contributed by atoms with Crippen molar-refractivity contribution in [3.8, 4) is 5.75 Å². The van der Waals surface area contributed by atoms with E-state index < -0.39 is 0 Å². The molecule has 3 aliphatic heterocycles. The number of fused-ring (bicyclic) bond motifs is 1. The van der Waals surface area contributed by atoms with E-state index in [-0.39, 0.29) is 6.03 Å². The first-order valence-electron chi connectivity index (χ1n) is 9.71. The van der Waals surface area contributed by atoms with Gasteiger partial charge in [0.25, 0.3) is 0 Å². The highest BCUT2D eigenvalue weighted by Gasteiger charge is 2.27. The van der Waals surface area contributed by atoms with E-state index in [1.54, 1.807) is 7.11 Å². The molecular weight excluding hydrogens is 356 g/mol. The number of amidine groups is 1. The number of carbonyl (C=O) groups is 1. The van der Waals surface area contributed by atoms with E-state index >= 15 is 0 Å². The van der Waals surface area contributed by atoms with E-state index in [9.17, 15) is 4.79 Å². The van der Waals surface area contributed by atoms with E-state index in [1.807, 2.05) is 35.5 Å². The second-order valence-electron chi connectivity index (χ2n) is 7.09. The van der Waals surface area contributed by atoms with Gasteiger partial charge in [0, 0.05) is 50.6 Å². The van der Waals surface area contributed by atoms with Crippen LogP contribution in [0.1, 0.15) is 13.3 Å². The van der Waals surface area contributed by atoms with Gasteiger partial charge in [0.2, 0.25) is 0 Å². The van der Waals surface area contributed by atoms with Crippen molar-refractivity contribution in [3.05, 3.63) is 36.2 Å². The molecule has 0 saturated carbocycles. The topological polar surface area (TPSA) is 72.8 Å². The van der Waals surface area contributed by atoms with Crippen molar-refractivity contribution in [1.29, 1.82) is 0 Å². The maximum absolute atomic E-state index is 12.6. The molecule has 3 aliphatic rings. The first-order chi connectivity index (χ1) is 13.7. The molecular formula is C20H26N6O2. The molecule has 1 N–H and O–H groups in total. The number of hydrogen-bond acceptors (Lipinski definition) is 6. The minimum atomic E-state index is -0.0915. The number of methoxy groups -OCH3 is 1. The fourth-order valence-electron chi connectivity index (χ4n) is 3.57. The Balaban J connectivity index is 1.33. The Hall–Kier alpha value is -3.03. The van der Waals surface area contributed by atoms with E-state index in [0.717, 1.165) is 49.1 Å². The summed E-state index contributed by atoms with van der Waals surface area (Å²) in [5.74, 6) is 2.65. The largest absolute Gasteiger partial charge is 0.497 e. The maximum Gasteiger partial charge on any atom is 0.321 e. The second kappa shape index (κ2) is 7.92. The van der Waals surface area contributed by atoms with Gasteiger partial charge >= 0.3 is 6.03 Å². The predicted molar refractivity (Wildman–Crippen MR) is 110 cm³/mol. The van der Waals surface area contributed by atoms with Gasteiger partial charge in [-0.1, -0.05) is 13.0 Å². The van der Waals surface area contributed by atoms with Gasteiger partial charge in [-0.25, -0.2) is 9.79 Å². The number of urea groups is 1. The standard InChI is InChI=1S/C20H26N6O2/c1-3-15-13-26-14-21-18(12-19(26)22-15)24-7-9-25(10-8-24)20(27)23-16-5-4-6-17(11-16)28-2/h4-6,11-12,14-15H,3,7-10,13H2,1-2H3,(H,23,27)/t15-/m0/s1. The van der Waals surface area contributed by atoms with Crippen LogP contribution in [-0.4, -0.2) is 78.8 Å². The highest BCUT2D eigenvalue weighted by atomic mass is 16.5. The first kappa shape index (κ1) is 18.3. The zero-order chi connectivity index (χ0) is 19.5. The van der Waals surface area contributed by atoms with E-state index in [2.05, 4.69) is 33.1 Å². The molecule has 4 rings (SSSR count). The van der Waals surface area contributed by atoms with Crippen LogP contribution in [0.3, 0.4) is 0 Å². The predicted octanol–water partition coefficient (Wildman–Crippen LogP) is 2.22. The Morgan fingerprint density at radius 2 is 2.11 bits per heavy atom. The minimum absolute atomic E-state index is 0.0915. The van der Waals surface area contributed by atoms with Gasteiger partial charge in [-0.2, -0.15) is 0 Å². The number of ether oxygens (including phenoxy) is 1. The molecule has 1 atom stereocenters. The van der Waals surface area contributed by atoms with Gasteiger partial charge in [0.05, 0.1) is 19.5 Å². The van der Waals surface area contributed by atoms with Crippen LogP contribution in [0.4, 0.5) is 10.5 Å². The summed E-state index contributed by atoms with van der Waals surface area (Å²) in [7, 11) is 1.61. The highest BCUT2D eigenvalue weighted by molar-refractivity contribution is 6.03. The number of nitrogens with one attached hydrogen (secondary N) is 1. The van der Waals surface area contributed by atoms with Gasteiger partial charge in [-0.15, -0.1) is 0 Å². The maximum atomic E-state index is 12.6. The zero-order valence-corrected chi connectivity index (χ0v) is 16.3. The van der Waals surface area contributed by atoms with E-state index in [1.165, 1.54) is 0 Å². The van der Waals surface area contributed by atoms with Crippen LogP contribution >= 0.6 is 0 Å². The van der Waals surface area contributed by atoms with Crippen molar-refractivity contribution in [1.82, 2.24) is 14.7 Å². The van der Waals surface area contributed by atoms with Crippen LogP contribution in [0.25, 0.3) is 0 Å². The number of carbonyl (C=O) groups excluding carboxylic acids is 1. The normalized spacial score (nSPS) is 21.2. The smallest absolute Gasteiger partial charge is 0.321 e. The Morgan fingerprint density at radius 3 is 2.86 bits per heavy atom. The molecule has 148 valence electrons. The molecule has 1 aromatic rings. The van der Waals surface area contributed by atoms with Gasteiger partial charge in [-0.3, -0.25) is 4.99 Å². The van der Waals surface area contributed by atoms with Crippen LogP contribution in [0.2, 0.25) is 0 Å². The van der Waals surface area contributed by atoms with Crippen LogP contribution in [0, 0.1) is 0 Å². The third-order valence-electron chi connectivity index (χ3n) is 5.29. The Kier molecular flexibility index (Phi) is 5.18. The van der Waals surface area contributed by atoms with E-state index in [0.29, 0.717) is 19.1 Å². The minimum Gasteiger partial charge on any atom is -0.497 e. The molecule has 0 spiro atoms. The lowest BCUT2D eigenvalue weighted by atomic mass is 10.2. The molecule has 0 aliphatic carbocycles.